The van der Waals surface area contributed by atoms with E-state index in [0.29, 0.717) is 5.46 Å². The maximum absolute atomic E-state index is 8.58. The molecule has 9 aromatic rings. The van der Waals surface area contributed by atoms with Gasteiger partial charge in [-0.2, -0.15) is 0 Å². The van der Waals surface area contributed by atoms with E-state index in [1.165, 1.54) is 11.1 Å². The average molecular weight is 1360 g/mol. The first-order chi connectivity index (χ1) is 41.1. The van der Waals surface area contributed by atoms with Crippen molar-refractivity contribution in [3.63, 3.8) is 0 Å². The highest BCUT2D eigenvalue weighted by atomic mass is 79.9. The van der Waals surface area contributed by atoms with Crippen LogP contribution in [0.4, 0.5) is 0 Å². The predicted molar refractivity (Wildman–Crippen MR) is 367 cm³/mol. The minimum Gasteiger partial charge on any atom is -0.423 e. The number of hydrogen-bond acceptors (Lipinski definition) is 11. The number of nitrogens with zero attached hydrogens (tertiary/aromatic N) is 3. The molecule has 0 saturated carbocycles. The third-order valence-electron chi connectivity index (χ3n) is 16.2. The zero-order valence-corrected chi connectivity index (χ0v) is 56.2. The van der Waals surface area contributed by atoms with E-state index < -0.39 is 28.3 Å². The summed E-state index contributed by atoms with van der Waals surface area (Å²) >= 11 is 10.5. The van der Waals surface area contributed by atoms with Gasteiger partial charge in [0.25, 0.3) is 0 Å². The molecule has 3 aliphatic rings. The first kappa shape index (κ1) is 67.1. The van der Waals surface area contributed by atoms with Gasteiger partial charge in [-0.05, 0) is 195 Å². The minimum atomic E-state index is -1.34. The first-order valence-electron chi connectivity index (χ1n) is 28.9. The van der Waals surface area contributed by atoms with Crippen LogP contribution in [0.25, 0.3) is 56.0 Å². The molecular weight excluding hydrogens is 1280 g/mol. The summed E-state index contributed by atoms with van der Waals surface area (Å²) in [5.74, 6) is 0. The van der Waals surface area contributed by atoms with Crippen LogP contribution in [-0.4, -0.2) is 86.9 Å². The Bertz CT molecular complexity index is 3440. The maximum Gasteiger partial charge on any atom is 0.494 e. The van der Waals surface area contributed by atoms with Crippen LogP contribution in [0.15, 0.2) is 232 Å². The second kappa shape index (κ2) is 28.8. The average Bonchev–Trinajstić information content (AvgIpc) is 2.06. The molecule has 0 aliphatic carbocycles. The van der Waals surface area contributed by atoms with Crippen molar-refractivity contribution >= 4 is 87.0 Å². The van der Waals surface area contributed by atoms with Gasteiger partial charge in [-0.3, -0.25) is 15.0 Å². The van der Waals surface area contributed by atoms with E-state index in [1.54, 1.807) is 30.5 Å². The Morgan fingerprint density at radius 3 is 0.954 bits per heavy atom. The molecule has 0 unspecified atom stereocenters. The number of aromatic nitrogens is 3. The van der Waals surface area contributed by atoms with Crippen molar-refractivity contribution in [3.05, 3.63) is 232 Å². The minimum absolute atomic E-state index is 0.360. The fourth-order valence-electron chi connectivity index (χ4n) is 9.17. The Morgan fingerprint density at radius 1 is 0.322 bits per heavy atom. The molecule has 3 aromatic heterocycles. The Hall–Kier alpha value is -5.85. The lowest BCUT2D eigenvalue weighted by molar-refractivity contribution is 0.00578. The first-order valence-corrected chi connectivity index (χ1v) is 31.3. The van der Waals surface area contributed by atoms with E-state index >= 15 is 0 Å². The summed E-state index contributed by atoms with van der Waals surface area (Å²) in [5, 5.41) is 17.2. The van der Waals surface area contributed by atoms with Crippen LogP contribution in [0.1, 0.15) is 83.1 Å². The number of hydrogen-bond donors (Lipinski definition) is 2. The van der Waals surface area contributed by atoms with Gasteiger partial charge in [0.1, 0.15) is 0 Å². The maximum atomic E-state index is 8.58. The van der Waals surface area contributed by atoms with Crippen LogP contribution >= 0.6 is 47.8 Å². The van der Waals surface area contributed by atoms with Crippen LogP contribution in [0.3, 0.4) is 0 Å². The molecule has 12 rings (SSSR count). The Balaban J connectivity index is 0.000000147. The van der Waals surface area contributed by atoms with Crippen molar-refractivity contribution in [1.29, 1.82) is 0 Å². The zero-order valence-electron chi connectivity index (χ0n) is 51.4. The van der Waals surface area contributed by atoms with Crippen LogP contribution < -0.4 is 10.9 Å². The molecular formula is C69H74B4Br3N3O8. The molecule has 0 amide bonds. The fraction of sp³-hybridized carbons (Fsp3) is 0.261. The van der Waals surface area contributed by atoms with Gasteiger partial charge in [-0.1, -0.05) is 169 Å². The second-order valence-electron chi connectivity index (χ2n) is 24.2. The molecule has 2 N–H and O–H groups in total. The van der Waals surface area contributed by atoms with Crippen molar-refractivity contribution in [2.75, 3.05) is 0 Å². The number of benzene rings is 6. The van der Waals surface area contributed by atoms with Crippen molar-refractivity contribution in [2.24, 2.45) is 0 Å². The molecule has 6 heterocycles. The SMILES string of the molecule is Brc1cc(-c2ccccc2)cc(-c2ccccn2)c1.Brc1cc(Br)cc(-c2ccccn2)c1.CC1(C)OB(B2OC(C)(C)C(C)(C)O2)OC1(C)C.CC1(C)OB(c2cc(-c3ccccc3)cc(-c3ccccn3)c2)OC1(C)C.OB(O)c1ccccc1. The Morgan fingerprint density at radius 2 is 0.609 bits per heavy atom. The molecule has 3 fully saturated rings. The van der Waals surface area contributed by atoms with Gasteiger partial charge >= 0.3 is 28.3 Å². The normalized spacial score (nSPS) is 17.0. The van der Waals surface area contributed by atoms with E-state index in [2.05, 4.69) is 175 Å². The highest BCUT2D eigenvalue weighted by Gasteiger charge is 2.63. The smallest absolute Gasteiger partial charge is 0.423 e. The van der Waals surface area contributed by atoms with Crippen molar-refractivity contribution in [3.8, 4) is 56.0 Å². The summed E-state index contributed by atoms with van der Waals surface area (Å²) < 4.78 is 39.6. The largest absolute Gasteiger partial charge is 0.494 e. The summed E-state index contributed by atoms with van der Waals surface area (Å²) in [5.41, 5.74) is 10.2. The predicted octanol–water partition coefficient (Wildman–Crippen LogP) is 15.8. The molecule has 0 radical (unpaired) electrons. The molecule has 3 aliphatic heterocycles. The van der Waals surface area contributed by atoms with E-state index in [-0.39, 0.29) is 33.6 Å². The topological polar surface area (TPSA) is 135 Å². The van der Waals surface area contributed by atoms with Gasteiger partial charge in [0.2, 0.25) is 0 Å². The molecule has 0 atom stereocenters. The quantitative estimate of drug-likeness (QED) is 0.141. The van der Waals surface area contributed by atoms with Gasteiger partial charge in [0, 0.05) is 48.7 Å². The van der Waals surface area contributed by atoms with Crippen molar-refractivity contribution in [2.45, 2.75) is 117 Å². The van der Waals surface area contributed by atoms with Crippen LogP contribution in [-0.2, 0) is 27.9 Å². The standard InChI is InChI=1S/C23H24BNO2.C17H12BrN.C12H24B2O4.C11H7Br2N.C6H7BO2/c1-22(2)23(3,4)27-24(26-22)20-15-18(17-10-6-5-7-11-17)14-19(16-20)21-12-8-9-13-25-21;18-16-11-14(13-6-2-1-3-7-13)10-15(12-16)17-8-4-5-9-19-17;1-9(2)10(3,4)16-13(15-9)14-17-11(5,6)12(7,8)18-14;12-9-5-8(6-10(13)7-9)11-3-1-2-4-14-11;8-7(9)6-4-2-1-3-5-6/h5-16H,1-4H3;1-12H;1-8H3;1-7H;1-5,8-9H. The molecule has 3 saturated heterocycles. The molecule has 6 aromatic carbocycles. The summed E-state index contributed by atoms with van der Waals surface area (Å²) in [6.07, 6.45) is 5.43. The molecule has 18 heteroatoms. The van der Waals surface area contributed by atoms with Gasteiger partial charge < -0.3 is 38.0 Å². The van der Waals surface area contributed by atoms with Crippen LogP contribution in [0.2, 0.25) is 0 Å². The number of halogens is 3. The lowest BCUT2D eigenvalue weighted by Crippen LogP contribution is -2.41. The third kappa shape index (κ3) is 17.5. The van der Waals surface area contributed by atoms with Crippen molar-refractivity contribution < 1.29 is 38.0 Å². The highest BCUT2D eigenvalue weighted by Crippen LogP contribution is 2.43. The summed E-state index contributed by atoms with van der Waals surface area (Å²) in [7, 11) is -2.69. The number of rotatable bonds is 8. The lowest BCUT2D eigenvalue weighted by atomic mass is 9.49. The van der Waals surface area contributed by atoms with Gasteiger partial charge in [-0.15, -0.1) is 0 Å². The second-order valence-corrected chi connectivity index (χ2v) is 27.0. The van der Waals surface area contributed by atoms with Crippen LogP contribution in [0, 0.1) is 0 Å². The van der Waals surface area contributed by atoms with Crippen LogP contribution in [0.5, 0.6) is 0 Å². The molecule has 0 bridgehead atoms. The van der Waals surface area contributed by atoms with E-state index in [4.69, 9.17) is 38.0 Å². The Kier molecular flexibility index (Phi) is 22.2. The van der Waals surface area contributed by atoms with Gasteiger partial charge in [0.05, 0.1) is 50.7 Å². The summed E-state index contributed by atoms with van der Waals surface area (Å²) in [6.45, 7) is 24.5. The zero-order chi connectivity index (χ0) is 62.8. The Labute approximate surface area is 541 Å². The highest BCUT2D eigenvalue weighted by molar-refractivity contribution is 9.11. The fourth-order valence-corrected chi connectivity index (χ4v) is 11.0. The van der Waals surface area contributed by atoms with E-state index in [0.717, 1.165) is 63.8 Å². The van der Waals surface area contributed by atoms with E-state index in [9.17, 15) is 0 Å². The third-order valence-corrected chi connectivity index (χ3v) is 17.6. The molecule has 11 nitrogen and oxygen atoms in total. The summed E-state index contributed by atoms with van der Waals surface area (Å²) in [4.78, 5) is 13.2. The molecule has 446 valence electrons. The van der Waals surface area contributed by atoms with Gasteiger partial charge in [-0.25, -0.2) is 0 Å². The van der Waals surface area contributed by atoms with Crippen molar-refractivity contribution in [1.82, 2.24) is 15.0 Å². The summed E-state index contributed by atoms with van der Waals surface area (Å²) in [6, 6.07) is 66.1. The monoisotopic (exact) mass is 1350 g/mol. The van der Waals surface area contributed by atoms with Gasteiger partial charge in [0.15, 0.2) is 0 Å². The number of pyridine rings is 3. The molecule has 87 heavy (non-hydrogen) atoms. The molecule has 0 spiro atoms. The lowest BCUT2D eigenvalue weighted by Gasteiger charge is -2.32. The van der Waals surface area contributed by atoms with E-state index in [1.807, 2.05) is 159 Å².